The molecule has 0 radical (unpaired) electrons. The molecule has 22 heavy (non-hydrogen) atoms. The number of aliphatic hydroxyl groups excluding tert-OH is 1. The van der Waals surface area contributed by atoms with E-state index in [2.05, 4.69) is 10.6 Å². The lowest BCUT2D eigenvalue weighted by atomic mass is 9.95. The Labute approximate surface area is 132 Å². The molecule has 0 saturated carbocycles. The Morgan fingerprint density at radius 3 is 2.27 bits per heavy atom. The third-order valence-corrected chi connectivity index (χ3v) is 3.29. The monoisotopic (exact) mass is 306 g/mol. The molecule has 0 aliphatic heterocycles. The first-order valence-corrected chi connectivity index (χ1v) is 7.53. The van der Waals surface area contributed by atoms with E-state index in [1.54, 1.807) is 12.1 Å². The minimum absolute atomic E-state index is 0.00727. The van der Waals surface area contributed by atoms with E-state index >= 15 is 0 Å². The van der Waals surface area contributed by atoms with Gasteiger partial charge in [-0.15, -0.1) is 0 Å². The van der Waals surface area contributed by atoms with E-state index in [1.807, 2.05) is 39.8 Å². The molecule has 1 unspecified atom stereocenters. The van der Waals surface area contributed by atoms with Crippen LogP contribution >= 0.6 is 0 Å². The molecule has 1 aromatic rings. The van der Waals surface area contributed by atoms with Crippen molar-refractivity contribution in [3.8, 4) is 0 Å². The zero-order valence-electron chi connectivity index (χ0n) is 13.8. The largest absolute Gasteiger partial charge is 0.396 e. The van der Waals surface area contributed by atoms with E-state index in [4.69, 9.17) is 5.11 Å². The van der Waals surface area contributed by atoms with Crippen molar-refractivity contribution in [2.75, 3.05) is 6.61 Å². The van der Waals surface area contributed by atoms with Gasteiger partial charge < -0.3 is 15.7 Å². The highest BCUT2D eigenvalue weighted by atomic mass is 16.3. The van der Waals surface area contributed by atoms with Crippen LogP contribution in [0.25, 0.3) is 0 Å². The Bertz CT molecular complexity index is 504. The maximum Gasteiger partial charge on any atom is 0.251 e. The number of amides is 2. The Hall–Kier alpha value is -1.88. The van der Waals surface area contributed by atoms with Crippen LogP contribution in [0.2, 0.25) is 0 Å². The second kappa shape index (κ2) is 7.94. The summed E-state index contributed by atoms with van der Waals surface area (Å²) in [6.45, 7) is 7.94. The molecule has 1 atom stereocenters. The number of carbonyl (C=O) groups excluding carboxylic acids is 2. The van der Waals surface area contributed by atoms with Gasteiger partial charge >= 0.3 is 0 Å². The quantitative estimate of drug-likeness (QED) is 0.750. The summed E-state index contributed by atoms with van der Waals surface area (Å²) in [6, 6.07) is 7.06. The first-order chi connectivity index (χ1) is 10.2. The Morgan fingerprint density at radius 2 is 1.77 bits per heavy atom. The smallest absolute Gasteiger partial charge is 0.251 e. The summed E-state index contributed by atoms with van der Waals surface area (Å²) >= 11 is 0. The third-order valence-electron chi connectivity index (χ3n) is 3.29. The molecule has 0 aliphatic carbocycles. The maximum absolute atomic E-state index is 12.0. The molecule has 0 saturated heterocycles. The average molecular weight is 306 g/mol. The summed E-state index contributed by atoms with van der Waals surface area (Å²) in [5.74, 6) is -0.168. The van der Waals surface area contributed by atoms with Crippen molar-refractivity contribution >= 4 is 11.8 Å². The van der Waals surface area contributed by atoms with Crippen LogP contribution in [0.15, 0.2) is 24.3 Å². The van der Waals surface area contributed by atoms with E-state index in [1.165, 1.54) is 0 Å². The van der Waals surface area contributed by atoms with Crippen molar-refractivity contribution in [1.82, 2.24) is 10.6 Å². The molecule has 0 fully saturated rings. The molecule has 0 spiro atoms. The standard InChI is InChI=1S/C17H26N2O3/c1-12(9-10-20)19-15(21)14-7-5-13(6-8-14)11-18-16(22)17(2,3)4/h5-8,12,20H,9-11H2,1-4H3,(H,18,22)(H,19,21). The summed E-state index contributed by atoms with van der Waals surface area (Å²) in [7, 11) is 0. The van der Waals surface area contributed by atoms with Crippen LogP contribution in [0.1, 0.15) is 50.0 Å². The van der Waals surface area contributed by atoms with E-state index in [0.29, 0.717) is 18.5 Å². The van der Waals surface area contributed by atoms with Crippen molar-refractivity contribution in [2.45, 2.75) is 46.7 Å². The van der Waals surface area contributed by atoms with Crippen LogP contribution in [0.5, 0.6) is 0 Å². The van der Waals surface area contributed by atoms with Gasteiger partial charge in [0.1, 0.15) is 0 Å². The molecule has 0 aromatic heterocycles. The topological polar surface area (TPSA) is 78.4 Å². The van der Waals surface area contributed by atoms with Crippen LogP contribution in [0.4, 0.5) is 0 Å². The molecule has 2 amide bonds. The molecular weight excluding hydrogens is 280 g/mol. The lowest BCUT2D eigenvalue weighted by Gasteiger charge is -2.17. The van der Waals surface area contributed by atoms with Crippen molar-refractivity contribution in [2.24, 2.45) is 5.41 Å². The second-order valence-electron chi connectivity index (χ2n) is 6.52. The summed E-state index contributed by atoms with van der Waals surface area (Å²) in [6.07, 6.45) is 0.530. The van der Waals surface area contributed by atoms with Gasteiger partial charge in [0.25, 0.3) is 5.91 Å². The summed E-state index contributed by atoms with van der Waals surface area (Å²) < 4.78 is 0. The first-order valence-electron chi connectivity index (χ1n) is 7.53. The van der Waals surface area contributed by atoms with Crippen LogP contribution in [-0.4, -0.2) is 29.6 Å². The predicted octanol–water partition coefficient (Wildman–Crippen LogP) is 1.85. The number of rotatable bonds is 6. The minimum Gasteiger partial charge on any atom is -0.396 e. The summed E-state index contributed by atoms with van der Waals surface area (Å²) in [5, 5.41) is 14.5. The van der Waals surface area contributed by atoms with Gasteiger partial charge in [0.2, 0.25) is 5.91 Å². The van der Waals surface area contributed by atoms with Crippen molar-refractivity contribution in [3.05, 3.63) is 35.4 Å². The van der Waals surface area contributed by atoms with E-state index in [9.17, 15) is 9.59 Å². The average Bonchev–Trinajstić information content (AvgIpc) is 2.44. The second-order valence-corrected chi connectivity index (χ2v) is 6.52. The number of nitrogens with one attached hydrogen (secondary N) is 2. The third kappa shape index (κ3) is 5.85. The molecule has 5 nitrogen and oxygen atoms in total. The zero-order chi connectivity index (χ0) is 16.8. The lowest BCUT2D eigenvalue weighted by Crippen LogP contribution is -2.34. The first kappa shape index (κ1) is 18.2. The van der Waals surface area contributed by atoms with Gasteiger partial charge in [0.05, 0.1) is 0 Å². The number of aliphatic hydroxyl groups is 1. The Balaban J connectivity index is 2.56. The van der Waals surface area contributed by atoms with E-state index in [0.717, 1.165) is 5.56 Å². The molecular formula is C17H26N2O3. The summed E-state index contributed by atoms with van der Waals surface area (Å²) in [4.78, 5) is 23.8. The minimum atomic E-state index is -0.414. The van der Waals surface area contributed by atoms with Crippen LogP contribution in [0.3, 0.4) is 0 Å². The molecule has 3 N–H and O–H groups in total. The predicted molar refractivity (Wildman–Crippen MR) is 86.4 cm³/mol. The molecule has 1 rings (SSSR count). The molecule has 1 aromatic carbocycles. The van der Waals surface area contributed by atoms with Gasteiger partial charge in [-0.2, -0.15) is 0 Å². The van der Waals surface area contributed by atoms with Gasteiger partial charge in [-0.1, -0.05) is 32.9 Å². The fraction of sp³-hybridized carbons (Fsp3) is 0.529. The highest BCUT2D eigenvalue weighted by Gasteiger charge is 2.20. The fourth-order valence-electron chi connectivity index (χ4n) is 1.79. The molecule has 5 heteroatoms. The van der Waals surface area contributed by atoms with E-state index in [-0.39, 0.29) is 24.5 Å². The highest BCUT2D eigenvalue weighted by Crippen LogP contribution is 2.13. The van der Waals surface area contributed by atoms with Crippen molar-refractivity contribution < 1.29 is 14.7 Å². The molecule has 122 valence electrons. The SMILES string of the molecule is CC(CCO)NC(=O)c1ccc(CNC(=O)C(C)(C)C)cc1. The van der Waals surface area contributed by atoms with Gasteiger partial charge in [-0.3, -0.25) is 9.59 Å². The van der Waals surface area contributed by atoms with Crippen LogP contribution in [-0.2, 0) is 11.3 Å². The van der Waals surface area contributed by atoms with Crippen LogP contribution < -0.4 is 10.6 Å². The van der Waals surface area contributed by atoms with Crippen LogP contribution in [0, 0.1) is 5.41 Å². The molecule has 0 heterocycles. The molecule has 0 aliphatic rings. The molecule has 0 bridgehead atoms. The number of benzene rings is 1. The van der Waals surface area contributed by atoms with Crippen molar-refractivity contribution in [3.63, 3.8) is 0 Å². The number of hydrogen-bond donors (Lipinski definition) is 3. The highest BCUT2D eigenvalue weighted by molar-refractivity contribution is 5.94. The van der Waals surface area contributed by atoms with Gasteiger partial charge in [0.15, 0.2) is 0 Å². The Kier molecular flexibility index (Phi) is 6.56. The normalized spacial score (nSPS) is 12.6. The van der Waals surface area contributed by atoms with Crippen molar-refractivity contribution in [1.29, 1.82) is 0 Å². The Morgan fingerprint density at radius 1 is 1.18 bits per heavy atom. The fourth-order valence-corrected chi connectivity index (χ4v) is 1.79. The summed E-state index contributed by atoms with van der Waals surface area (Å²) in [5.41, 5.74) is 1.09. The number of carbonyl (C=O) groups is 2. The van der Waals surface area contributed by atoms with E-state index < -0.39 is 5.41 Å². The van der Waals surface area contributed by atoms with Gasteiger partial charge in [-0.25, -0.2) is 0 Å². The van der Waals surface area contributed by atoms with Gasteiger partial charge in [0, 0.05) is 30.2 Å². The zero-order valence-corrected chi connectivity index (χ0v) is 13.8. The maximum atomic E-state index is 12.0. The lowest BCUT2D eigenvalue weighted by molar-refractivity contribution is -0.128. The number of hydrogen-bond acceptors (Lipinski definition) is 3. The van der Waals surface area contributed by atoms with Gasteiger partial charge in [-0.05, 0) is 31.0 Å².